The van der Waals surface area contributed by atoms with Crippen molar-refractivity contribution in [3.05, 3.63) is 50.9 Å². The number of nitrogens with one attached hydrogen (secondary N) is 1. The van der Waals surface area contributed by atoms with Gasteiger partial charge in [0.15, 0.2) is 0 Å². The summed E-state index contributed by atoms with van der Waals surface area (Å²) >= 11 is 6.96. The molecule has 122 valence electrons. The van der Waals surface area contributed by atoms with Crippen LogP contribution in [0.4, 0.5) is 11.4 Å². The molecule has 0 saturated carbocycles. The van der Waals surface area contributed by atoms with Crippen molar-refractivity contribution < 1.29 is 9.53 Å². The number of aryl methyl sites for hydroxylation is 1. The first kappa shape index (κ1) is 17.8. The Kier molecular flexibility index (Phi) is 6.07. The third-order valence-electron chi connectivity index (χ3n) is 3.33. The van der Waals surface area contributed by atoms with Gasteiger partial charge in [0, 0.05) is 16.0 Å². The van der Waals surface area contributed by atoms with Crippen molar-refractivity contribution in [2.24, 2.45) is 0 Å². The number of carbonyl (C=O) groups excluding carboxylic acids is 1. The lowest BCUT2D eigenvalue weighted by molar-refractivity contribution is -0.114. The van der Waals surface area contributed by atoms with Crippen LogP contribution in [0.25, 0.3) is 0 Å². The Morgan fingerprint density at radius 3 is 2.43 bits per heavy atom. The van der Waals surface area contributed by atoms with Gasteiger partial charge in [-0.15, -0.1) is 0 Å². The van der Waals surface area contributed by atoms with E-state index in [0.717, 1.165) is 31.6 Å². The van der Waals surface area contributed by atoms with Crippen molar-refractivity contribution >= 4 is 49.1 Å². The molecule has 0 unspecified atom stereocenters. The Morgan fingerprint density at radius 2 is 1.83 bits per heavy atom. The van der Waals surface area contributed by atoms with Crippen LogP contribution in [-0.4, -0.2) is 26.6 Å². The first-order valence-corrected chi connectivity index (χ1v) is 8.60. The van der Waals surface area contributed by atoms with Crippen LogP contribution in [0.1, 0.15) is 5.56 Å². The van der Waals surface area contributed by atoms with Gasteiger partial charge in [-0.1, -0.05) is 12.1 Å². The summed E-state index contributed by atoms with van der Waals surface area (Å²) in [6.45, 7) is 2.21. The van der Waals surface area contributed by atoms with Gasteiger partial charge in [-0.3, -0.25) is 4.79 Å². The van der Waals surface area contributed by atoms with E-state index in [1.165, 1.54) is 0 Å². The van der Waals surface area contributed by atoms with E-state index >= 15 is 0 Å². The SMILES string of the molecule is COc1ccccc1N(C)CC(=O)Nc1c(Br)cc(C)cc1Br. The summed E-state index contributed by atoms with van der Waals surface area (Å²) < 4.78 is 7.02. The van der Waals surface area contributed by atoms with Gasteiger partial charge in [-0.2, -0.15) is 0 Å². The minimum absolute atomic E-state index is 0.108. The van der Waals surface area contributed by atoms with Gasteiger partial charge in [0.25, 0.3) is 0 Å². The number of anilines is 2. The number of ether oxygens (including phenoxy) is 1. The van der Waals surface area contributed by atoms with E-state index in [9.17, 15) is 4.79 Å². The fourth-order valence-electron chi connectivity index (χ4n) is 2.24. The normalized spacial score (nSPS) is 10.3. The Labute approximate surface area is 153 Å². The summed E-state index contributed by atoms with van der Waals surface area (Å²) in [5.41, 5.74) is 2.70. The molecule has 1 amide bonds. The highest BCUT2D eigenvalue weighted by Gasteiger charge is 2.14. The van der Waals surface area contributed by atoms with Gasteiger partial charge in [0.05, 0.1) is 25.0 Å². The number of benzene rings is 2. The van der Waals surface area contributed by atoms with Crippen LogP contribution < -0.4 is 15.0 Å². The van der Waals surface area contributed by atoms with Crippen molar-refractivity contribution in [2.45, 2.75) is 6.92 Å². The molecule has 0 aliphatic heterocycles. The van der Waals surface area contributed by atoms with E-state index in [0.29, 0.717) is 0 Å². The number of nitrogens with zero attached hydrogens (tertiary/aromatic N) is 1. The maximum Gasteiger partial charge on any atom is 0.243 e. The predicted molar refractivity (Wildman–Crippen MR) is 101 cm³/mol. The smallest absolute Gasteiger partial charge is 0.243 e. The van der Waals surface area contributed by atoms with Crippen molar-refractivity contribution in [3.8, 4) is 5.75 Å². The standard InChI is InChI=1S/C17H18Br2N2O2/c1-11-8-12(18)17(13(19)9-11)20-16(22)10-21(2)14-6-4-5-7-15(14)23-3/h4-9H,10H2,1-3H3,(H,20,22). The van der Waals surface area contributed by atoms with E-state index in [-0.39, 0.29) is 12.5 Å². The summed E-state index contributed by atoms with van der Waals surface area (Å²) in [4.78, 5) is 14.2. The second-order valence-corrected chi connectivity index (χ2v) is 6.89. The van der Waals surface area contributed by atoms with Gasteiger partial charge in [-0.25, -0.2) is 0 Å². The topological polar surface area (TPSA) is 41.6 Å². The Morgan fingerprint density at radius 1 is 1.22 bits per heavy atom. The van der Waals surface area contributed by atoms with Crippen molar-refractivity contribution in [1.29, 1.82) is 0 Å². The van der Waals surface area contributed by atoms with Crippen LogP contribution in [0.2, 0.25) is 0 Å². The molecule has 6 heteroatoms. The molecule has 4 nitrogen and oxygen atoms in total. The molecule has 0 atom stereocenters. The molecule has 2 aromatic rings. The number of amides is 1. The average Bonchev–Trinajstić information content (AvgIpc) is 2.50. The van der Waals surface area contributed by atoms with Crippen molar-refractivity contribution in [3.63, 3.8) is 0 Å². The molecular weight excluding hydrogens is 424 g/mol. The van der Waals surface area contributed by atoms with Crippen LogP contribution in [-0.2, 0) is 4.79 Å². The Bertz CT molecular complexity index is 696. The lowest BCUT2D eigenvalue weighted by atomic mass is 10.2. The highest BCUT2D eigenvalue weighted by molar-refractivity contribution is 9.11. The zero-order chi connectivity index (χ0) is 17.0. The zero-order valence-corrected chi connectivity index (χ0v) is 16.4. The fraction of sp³-hybridized carbons (Fsp3) is 0.235. The van der Waals surface area contributed by atoms with Gasteiger partial charge >= 0.3 is 0 Å². The molecule has 0 aliphatic carbocycles. The second-order valence-electron chi connectivity index (χ2n) is 5.18. The monoisotopic (exact) mass is 440 g/mol. The van der Waals surface area contributed by atoms with Crippen molar-refractivity contribution in [1.82, 2.24) is 0 Å². The van der Waals surface area contributed by atoms with Crippen LogP contribution in [0.5, 0.6) is 5.75 Å². The third-order valence-corrected chi connectivity index (χ3v) is 4.58. The highest BCUT2D eigenvalue weighted by atomic mass is 79.9. The number of likely N-dealkylation sites (N-methyl/N-ethyl adjacent to an activating group) is 1. The molecule has 2 rings (SSSR count). The average molecular weight is 442 g/mol. The molecule has 0 aromatic heterocycles. The maximum atomic E-state index is 12.3. The van der Waals surface area contributed by atoms with Gasteiger partial charge in [-0.05, 0) is 68.6 Å². The summed E-state index contributed by atoms with van der Waals surface area (Å²) in [5, 5.41) is 2.93. The van der Waals surface area contributed by atoms with E-state index in [4.69, 9.17) is 4.74 Å². The quantitative estimate of drug-likeness (QED) is 0.736. The number of hydrogen-bond donors (Lipinski definition) is 1. The van der Waals surface area contributed by atoms with Crippen LogP contribution in [0.15, 0.2) is 45.3 Å². The van der Waals surface area contributed by atoms with Crippen LogP contribution in [0.3, 0.4) is 0 Å². The minimum atomic E-state index is -0.108. The number of halogens is 2. The summed E-state index contributed by atoms with van der Waals surface area (Å²) in [5.74, 6) is 0.629. The zero-order valence-electron chi connectivity index (χ0n) is 13.2. The van der Waals surface area contributed by atoms with E-state index in [2.05, 4.69) is 37.2 Å². The lowest BCUT2D eigenvalue weighted by Crippen LogP contribution is -2.30. The second kappa shape index (κ2) is 7.84. The number of para-hydroxylation sites is 2. The molecule has 2 aromatic carbocycles. The van der Waals surface area contributed by atoms with Crippen LogP contribution >= 0.6 is 31.9 Å². The molecule has 0 saturated heterocycles. The van der Waals surface area contributed by atoms with E-state index < -0.39 is 0 Å². The number of rotatable bonds is 5. The highest BCUT2D eigenvalue weighted by Crippen LogP contribution is 2.32. The summed E-state index contributed by atoms with van der Waals surface area (Å²) in [6, 6.07) is 11.5. The van der Waals surface area contributed by atoms with E-state index in [1.807, 2.05) is 55.3 Å². The molecule has 0 bridgehead atoms. The molecule has 0 heterocycles. The molecule has 23 heavy (non-hydrogen) atoms. The molecule has 0 radical (unpaired) electrons. The molecular formula is C17H18Br2N2O2. The number of carbonyl (C=O) groups is 1. The van der Waals surface area contributed by atoms with Crippen molar-refractivity contribution in [2.75, 3.05) is 30.9 Å². The van der Waals surface area contributed by atoms with E-state index in [1.54, 1.807) is 7.11 Å². The Hall–Kier alpha value is -1.53. The largest absolute Gasteiger partial charge is 0.495 e. The summed E-state index contributed by atoms with van der Waals surface area (Å²) in [7, 11) is 3.48. The van der Waals surface area contributed by atoms with Gasteiger partial charge < -0.3 is 15.0 Å². The molecule has 0 spiro atoms. The maximum absolute atomic E-state index is 12.3. The number of methoxy groups -OCH3 is 1. The first-order valence-electron chi connectivity index (χ1n) is 7.02. The predicted octanol–water partition coefficient (Wildman–Crippen LogP) is 4.60. The third kappa shape index (κ3) is 4.48. The minimum Gasteiger partial charge on any atom is -0.495 e. The van der Waals surface area contributed by atoms with Gasteiger partial charge in [0.2, 0.25) is 5.91 Å². The first-order chi connectivity index (χ1) is 10.9. The number of hydrogen-bond acceptors (Lipinski definition) is 3. The molecule has 1 N–H and O–H groups in total. The molecule has 0 fully saturated rings. The van der Waals surface area contributed by atoms with Gasteiger partial charge in [0.1, 0.15) is 5.75 Å². The fourth-order valence-corrected chi connectivity index (χ4v) is 3.86. The summed E-state index contributed by atoms with van der Waals surface area (Å²) in [6.07, 6.45) is 0. The van der Waals surface area contributed by atoms with Crippen LogP contribution in [0, 0.1) is 6.92 Å². The molecule has 0 aliphatic rings. The lowest BCUT2D eigenvalue weighted by Gasteiger charge is -2.21. The Balaban J connectivity index is 2.11.